The first kappa shape index (κ1) is 29.2. The first-order chi connectivity index (χ1) is 19.7. The van der Waals surface area contributed by atoms with Crippen molar-refractivity contribution in [2.24, 2.45) is 22.7 Å². The predicted molar refractivity (Wildman–Crippen MR) is 152 cm³/mol. The van der Waals surface area contributed by atoms with Crippen LogP contribution in [0.1, 0.15) is 57.3 Å². The molecule has 9 heteroatoms. The molecule has 2 aromatic carbocycles. The summed E-state index contributed by atoms with van der Waals surface area (Å²) in [6, 6.07) is 14.9. The normalized spacial score (nSPS) is 28.0. The second-order valence-corrected chi connectivity index (χ2v) is 12.1. The molecule has 0 aromatic heterocycles. The number of alkyl carbamates (subject to hydrolysis) is 1. The van der Waals surface area contributed by atoms with Gasteiger partial charge in [0, 0.05) is 18.5 Å². The lowest BCUT2D eigenvalue weighted by Crippen LogP contribution is -2.40. The molecule has 1 heterocycles. The van der Waals surface area contributed by atoms with Gasteiger partial charge in [-0.3, -0.25) is 4.79 Å². The molecule has 0 unspecified atom stereocenters. The van der Waals surface area contributed by atoms with Gasteiger partial charge in [0.15, 0.2) is 6.29 Å². The molecule has 2 N–H and O–H groups in total. The largest absolute Gasteiger partial charge is 0.497 e. The third-order valence-corrected chi connectivity index (χ3v) is 9.86. The van der Waals surface area contributed by atoms with Gasteiger partial charge >= 0.3 is 6.09 Å². The molecule has 1 aliphatic heterocycles. The molecule has 2 amide bonds. The van der Waals surface area contributed by atoms with Crippen LogP contribution in [0.5, 0.6) is 11.5 Å². The second-order valence-electron chi connectivity index (χ2n) is 12.1. The fourth-order valence-electron chi connectivity index (χ4n) is 7.27. The van der Waals surface area contributed by atoms with E-state index in [1.54, 1.807) is 14.2 Å². The van der Waals surface area contributed by atoms with E-state index in [4.69, 9.17) is 23.7 Å². The minimum atomic E-state index is -0.664. The summed E-state index contributed by atoms with van der Waals surface area (Å²) in [5, 5.41) is 5.39. The van der Waals surface area contributed by atoms with Crippen molar-refractivity contribution >= 4 is 12.0 Å². The molecule has 41 heavy (non-hydrogen) atoms. The third-order valence-electron chi connectivity index (χ3n) is 9.86. The number of carbonyl (C=O) groups is 2. The number of carbonyl (C=O) groups excluding carboxylic acids is 2. The van der Waals surface area contributed by atoms with Gasteiger partial charge in [-0.1, -0.05) is 51.1 Å². The molecular formula is C32H42N2O7. The Morgan fingerprint density at radius 1 is 1.05 bits per heavy atom. The predicted octanol–water partition coefficient (Wildman–Crippen LogP) is 4.99. The Balaban J connectivity index is 1.22. The monoisotopic (exact) mass is 566 g/mol. The highest BCUT2D eigenvalue weighted by atomic mass is 16.7. The molecule has 2 aliphatic carbocycles. The molecular weight excluding hydrogens is 524 g/mol. The first-order valence-corrected chi connectivity index (χ1v) is 14.4. The molecule has 6 atom stereocenters. The van der Waals surface area contributed by atoms with Gasteiger partial charge in [-0.15, -0.1) is 0 Å². The number of ether oxygens (including phenoxy) is 5. The van der Waals surface area contributed by atoms with E-state index in [1.807, 2.05) is 48.5 Å². The van der Waals surface area contributed by atoms with Gasteiger partial charge in [-0.25, -0.2) is 4.79 Å². The highest BCUT2D eigenvalue weighted by Gasteiger charge is 2.69. The summed E-state index contributed by atoms with van der Waals surface area (Å²) >= 11 is 0. The number of fused-ring (bicyclic) bond motifs is 5. The van der Waals surface area contributed by atoms with Gasteiger partial charge in [0.05, 0.1) is 26.9 Å². The minimum Gasteiger partial charge on any atom is -0.497 e. The van der Waals surface area contributed by atoms with E-state index in [-0.39, 0.29) is 42.5 Å². The number of amides is 2. The lowest BCUT2D eigenvalue weighted by Gasteiger charge is -2.39. The van der Waals surface area contributed by atoms with Gasteiger partial charge in [0.2, 0.25) is 5.91 Å². The maximum Gasteiger partial charge on any atom is 0.407 e. The molecule has 9 nitrogen and oxygen atoms in total. The van der Waals surface area contributed by atoms with Crippen molar-refractivity contribution in [3.8, 4) is 11.5 Å². The van der Waals surface area contributed by atoms with Crippen LogP contribution in [0.4, 0.5) is 4.79 Å². The first-order valence-electron chi connectivity index (χ1n) is 14.4. The van der Waals surface area contributed by atoms with Crippen molar-refractivity contribution < 1.29 is 33.3 Å². The fraction of sp³-hybridized carbons (Fsp3) is 0.562. The van der Waals surface area contributed by atoms with Crippen molar-refractivity contribution in [1.82, 2.24) is 10.6 Å². The highest BCUT2D eigenvalue weighted by Crippen LogP contribution is 2.71. The average Bonchev–Trinajstić information content (AvgIpc) is 3.55. The molecule has 222 valence electrons. The van der Waals surface area contributed by atoms with Crippen LogP contribution in [0.15, 0.2) is 48.5 Å². The Labute approximate surface area is 242 Å². The molecule has 1 saturated heterocycles. The highest BCUT2D eigenvalue weighted by molar-refractivity contribution is 5.82. The third kappa shape index (κ3) is 5.75. The Morgan fingerprint density at radius 3 is 2.54 bits per heavy atom. The van der Waals surface area contributed by atoms with Crippen LogP contribution in [0.3, 0.4) is 0 Å². The molecule has 0 radical (unpaired) electrons. The number of methoxy groups -OCH3 is 2. The van der Waals surface area contributed by atoms with Crippen molar-refractivity contribution in [2.75, 3.05) is 27.3 Å². The number of rotatable bonds is 11. The average molecular weight is 567 g/mol. The van der Waals surface area contributed by atoms with Gasteiger partial charge in [0.1, 0.15) is 24.2 Å². The Hall–Kier alpha value is -3.30. The van der Waals surface area contributed by atoms with Crippen LogP contribution in [0, 0.1) is 22.7 Å². The molecule has 2 aromatic rings. The van der Waals surface area contributed by atoms with E-state index >= 15 is 0 Å². The SMILES string of the molecule is COc1ccc(OC)c([C@H](CNC(=O)CNC(=O)OCc2ccccc2)O[C@H]2C[C@@H]3[C@H]4CC[C@@](C)([C@@H]3O2)C4(C)C)c1. The topological polar surface area (TPSA) is 104 Å². The van der Waals surface area contributed by atoms with E-state index in [0.29, 0.717) is 23.3 Å². The van der Waals surface area contributed by atoms with Crippen molar-refractivity contribution in [1.29, 1.82) is 0 Å². The number of hydrogen-bond acceptors (Lipinski definition) is 7. The summed E-state index contributed by atoms with van der Waals surface area (Å²) in [6.45, 7) is 7.18. The van der Waals surface area contributed by atoms with Gasteiger partial charge < -0.3 is 34.3 Å². The molecule has 3 fully saturated rings. The quantitative estimate of drug-likeness (QED) is 0.395. The zero-order valence-electron chi connectivity index (χ0n) is 24.6. The zero-order valence-corrected chi connectivity index (χ0v) is 24.6. The Kier molecular flexibility index (Phi) is 8.47. The van der Waals surface area contributed by atoms with E-state index in [9.17, 15) is 9.59 Å². The summed E-state index contributed by atoms with van der Waals surface area (Å²) in [5.74, 6) is 1.98. The zero-order chi connectivity index (χ0) is 29.2. The Bertz CT molecular complexity index is 1240. The molecule has 2 bridgehead atoms. The van der Waals surface area contributed by atoms with Gasteiger partial charge in [-0.05, 0) is 59.3 Å². The summed E-state index contributed by atoms with van der Waals surface area (Å²) in [5.41, 5.74) is 1.98. The van der Waals surface area contributed by atoms with Crippen molar-refractivity contribution in [2.45, 2.75) is 65.1 Å². The Morgan fingerprint density at radius 2 is 1.83 bits per heavy atom. The van der Waals surface area contributed by atoms with Gasteiger partial charge in [0.25, 0.3) is 0 Å². The number of benzene rings is 2. The lowest BCUT2D eigenvalue weighted by atomic mass is 9.70. The number of nitrogens with one attached hydrogen (secondary N) is 2. The van der Waals surface area contributed by atoms with E-state index in [2.05, 4.69) is 31.4 Å². The van der Waals surface area contributed by atoms with E-state index in [0.717, 1.165) is 17.5 Å². The van der Waals surface area contributed by atoms with Crippen LogP contribution < -0.4 is 20.1 Å². The van der Waals surface area contributed by atoms with Crippen LogP contribution in [0.2, 0.25) is 0 Å². The van der Waals surface area contributed by atoms with E-state index < -0.39 is 18.5 Å². The van der Waals surface area contributed by atoms with Crippen LogP contribution in [0.25, 0.3) is 0 Å². The fourth-order valence-corrected chi connectivity index (χ4v) is 7.27. The summed E-state index contributed by atoms with van der Waals surface area (Å²) < 4.78 is 29.5. The maximum absolute atomic E-state index is 12.7. The van der Waals surface area contributed by atoms with Crippen LogP contribution >= 0.6 is 0 Å². The maximum atomic E-state index is 12.7. The molecule has 0 spiro atoms. The molecule has 3 aliphatic rings. The number of hydrogen-bond donors (Lipinski definition) is 2. The molecule has 5 rings (SSSR count). The summed E-state index contributed by atoms with van der Waals surface area (Å²) in [4.78, 5) is 24.8. The van der Waals surface area contributed by atoms with Crippen LogP contribution in [-0.4, -0.2) is 51.7 Å². The van der Waals surface area contributed by atoms with Crippen LogP contribution in [-0.2, 0) is 25.6 Å². The smallest absolute Gasteiger partial charge is 0.407 e. The lowest BCUT2D eigenvalue weighted by molar-refractivity contribution is -0.187. The molecule has 2 saturated carbocycles. The van der Waals surface area contributed by atoms with Gasteiger partial charge in [-0.2, -0.15) is 0 Å². The second kappa shape index (κ2) is 11.9. The van der Waals surface area contributed by atoms with Crippen molar-refractivity contribution in [3.63, 3.8) is 0 Å². The van der Waals surface area contributed by atoms with Crippen molar-refractivity contribution in [3.05, 3.63) is 59.7 Å². The summed E-state index contributed by atoms with van der Waals surface area (Å²) in [7, 11) is 3.20. The minimum absolute atomic E-state index is 0.124. The summed E-state index contributed by atoms with van der Waals surface area (Å²) in [6.07, 6.45) is 1.76. The standard InChI is InChI=1S/C32H42N2O7/c1-31(2)24-13-14-32(31,3)29-22(24)16-28(41-29)40-26(23-15-21(37-4)11-12-25(23)38-5)17-33-27(35)18-34-30(36)39-19-20-9-7-6-8-10-20/h6-12,15,22,24,26,28-29H,13-14,16-19H2,1-5H3,(H,33,35)(H,34,36)/t22-,24-,26+,28-,29-,32+/m1/s1. The van der Waals surface area contributed by atoms with E-state index in [1.165, 1.54) is 12.8 Å².